The van der Waals surface area contributed by atoms with E-state index in [0.717, 1.165) is 112 Å². The van der Waals surface area contributed by atoms with Crippen molar-refractivity contribution in [2.24, 2.45) is 0 Å². The molecule has 4 nitrogen and oxygen atoms in total. The first-order valence-corrected chi connectivity index (χ1v) is 34.8. The third-order valence-electron chi connectivity index (χ3n) is 20.7. The quantitative estimate of drug-likeness (QED) is 0.101. The van der Waals surface area contributed by atoms with E-state index in [1.807, 2.05) is 0 Å². The van der Waals surface area contributed by atoms with E-state index < -0.39 is 0 Å². The van der Waals surface area contributed by atoms with Gasteiger partial charge in [0.2, 0.25) is 0 Å². The summed E-state index contributed by atoms with van der Waals surface area (Å²) in [6, 6.07) is 118. The molecule has 0 saturated heterocycles. The lowest BCUT2D eigenvalue weighted by atomic mass is 9.73. The second kappa shape index (κ2) is 24.5. The molecule has 0 fully saturated rings. The van der Waals surface area contributed by atoms with Crippen LogP contribution in [0.2, 0.25) is 0 Å². The van der Waals surface area contributed by atoms with Crippen LogP contribution in [0, 0.1) is 0 Å². The highest BCUT2D eigenvalue weighted by molar-refractivity contribution is 6.27. The largest absolute Gasteiger partial charge is 0.497 e. The number of anilines is 6. The van der Waals surface area contributed by atoms with Crippen LogP contribution in [0.15, 0.2) is 315 Å². The van der Waals surface area contributed by atoms with Crippen LogP contribution in [0.5, 0.6) is 11.5 Å². The van der Waals surface area contributed by atoms with Gasteiger partial charge in [0.15, 0.2) is 0 Å². The van der Waals surface area contributed by atoms with Gasteiger partial charge in [-0.15, -0.1) is 0 Å². The molecule has 0 heterocycles. The Balaban J connectivity index is 0.965. The molecule has 0 spiro atoms. The van der Waals surface area contributed by atoms with Crippen molar-refractivity contribution < 1.29 is 9.47 Å². The minimum Gasteiger partial charge on any atom is -0.497 e. The summed E-state index contributed by atoms with van der Waals surface area (Å²) >= 11 is 0. The lowest BCUT2D eigenvalue weighted by molar-refractivity contribution is 0.414. The molecule has 17 aromatic carbocycles. The second-order valence-corrected chi connectivity index (χ2v) is 28.7. The Morgan fingerprint density at radius 3 is 0.760 bits per heavy atom. The fourth-order valence-corrected chi connectivity index (χ4v) is 15.7. The minimum atomic E-state index is -0.0905. The molecule has 4 heteroatoms. The van der Waals surface area contributed by atoms with Gasteiger partial charge >= 0.3 is 0 Å². The zero-order chi connectivity index (χ0) is 68.0. The van der Waals surface area contributed by atoms with Crippen LogP contribution < -0.4 is 19.3 Å². The van der Waals surface area contributed by atoms with Gasteiger partial charge in [-0.3, -0.25) is 0 Å². The summed E-state index contributed by atoms with van der Waals surface area (Å²) in [4.78, 5) is 4.88. The van der Waals surface area contributed by atoms with Crippen molar-refractivity contribution >= 4 is 98.8 Å². The number of hydrogen-bond acceptors (Lipinski definition) is 4. The van der Waals surface area contributed by atoms with Crippen LogP contribution >= 0.6 is 0 Å². The summed E-state index contributed by atoms with van der Waals surface area (Å²) < 4.78 is 12.0. The van der Waals surface area contributed by atoms with Gasteiger partial charge in [-0.1, -0.05) is 272 Å². The summed E-state index contributed by atoms with van der Waals surface area (Å²) in [5, 5.41) is 15.0. The number of nitrogens with zero attached hydrogens (tertiary/aromatic N) is 2. The number of hydrogen-bond donors (Lipinski definition) is 0. The summed E-state index contributed by atoms with van der Waals surface area (Å²) in [5.41, 5.74) is 22.0. The van der Waals surface area contributed by atoms with Crippen LogP contribution in [0.1, 0.15) is 52.7 Å². The van der Waals surface area contributed by atoms with E-state index in [-0.39, 0.29) is 10.8 Å². The van der Waals surface area contributed by atoms with Crippen molar-refractivity contribution in [2.45, 2.75) is 52.4 Å². The first kappa shape index (κ1) is 61.6. The lowest BCUT2D eigenvalue weighted by Crippen LogP contribution is -2.11. The van der Waals surface area contributed by atoms with E-state index >= 15 is 0 Å². The molecule has 0 saturated carbocycles. The number of ether oxygens (including phenoxy) is 2. The zero-order valence-electron chi connectivity index (χ0n) is 57.7. The molecule has 0 atom stereocenters. The molecular formula is C96H76N2O2. The van der Waals surface area contributed by atoms with Gasteiger partial charge in [0.1, 0.15) is 11.5 Å². The predicted octanol–water partition coefficient (Wildman–Crippen LogP) is 27.0. The maximum absolute atomic E-state index is 5.99. The molecule has 0 aliphatic rings. The Labute approximate surface area is 585 Å². The average Bonchev–Trinajstić information content (AvgIpc) is 0.720. The molecule has 100 heavy (non-hydrogen) atoms. The summed E-state index contributed by atoms with van der Waals surface area (Å²) in [7, 11) is 3.49. The Morgan fingerprint density at radius 2 is 0.470 bits per heavy atom. The molecule has 0 aliphatic carbocycles. The maximum atomic E-state index is 5.99. The van der Waals surface area contributed by atoms with Gasteiger partial charge in [-0.25, -0.2) is 0 Å². The van der Waals surface area contributed by atoms with E-state index in [9.17, 15) is 0 Å². The van der Waals surface area contributed by atoms with Crippen molar-refractivity contribution in [1.82, 2.24) is 0 Å². The van der Waals surface area contributed by atoms with Gasteiger partial charge in [-0.2, -0.15) is 0 Å². The molecule has 482 valence electrons. The van der Waals surface area contributed by atoms with Crippen LogP contribution in [0.4, 0.5) is 34.1 Å². The highest BCUT2D eigenvalue weighted by atomic mass is 16.5. The van der Waals surface area contributed by atoms with Crippen LogP contribution in [0.25, 0.3) is 131 Å². The normalized spacial score (nSPS) is 12.0. The maximum Gasteiger partial charge on any atom is 0.118 e. The van der Waals surface area contributed by atoms with Crippen LogP contribution in [0.3, 0.4) is 0 Å². The third kappa shape index (κ3) is 10.6. The number of benzene rings is 17. The Morgan fingerprint density at radius 1 is 0.220 bits per heavy atom. The van der Waals surface area contributed by atoms with Crippen LogP contribution in [-0.2, 0) is 10.8 Å². The molecule has 0 aromatic heterocycles. The molecule has 0 unspecified atom stereocenters. The van der Waals surface area contributed by atoms with Crippen molar-refractivity contribution in [2.75, 3.05) is 24.0 Å². The summed E-state index contributed by atoms with van der Waals surface area (Å²) in [5.74, 6) is 1.57. The molecule has 17 rings (SSSR count). The Kier molecular flexibility index (Phi) is 15.1. The predicted molar refractivity (Wildman–Crippen MR) is 426 cm³/mol. The van der Waals surface area contributed by atoms with Gasteiger partial charge in [0.25, 0.3) is 0 Å². The number of para-hydroxylation sites is 2. The van der Waals surface area contributed by atoms with Gasteiger partial charge in [-0.05, 0) is 228 Å². The first-order chi connectivity index (χ1) is 48.8. The van der Waals surface area contributed by atoms with E-state index in [1.54, 1.807) is 14.2 Å². The number of rotatable bonds is 14. The lowest BCUT2D eigenvalue weighted by Gasteiger charge is -2.31. The monoisotopic (exact) mass is 1290 g/mol. The van der Waals surface area contributed by atoms with Gasteiger partial charge in [0, 0.05) is 33.5 Å². The van der Waals surface area contributed by atoms with Crippen molar-refractivity contribution in [3.8, 4) is 78.3 Å². The molecule has 0 radical (unpaired) electrons. The Bertz CT molecular complexity index is 5470. The fourth-order valence-electron chi connectivity index (χ4n) is 15.7. The van der Waals surface area contributed by atoms with E-state index in [2.05, 4.69) is 367 Å². The van der Waals surface area contributed by atoms with E-state index in [1.165, 1.54) is 75.8 Å². The van der Waals surface area contributed by atoms with E-state index in [4.69, 9.17) is 9.47 Å². The molecule has 0 amide bonds. The average molecular weight is 1290 g/mol. The summed E-state index contributed by atoms with van der Waals surface area (Å²) in [6.07, 6.45) is 0. The standard InChI is InChI=1S/C96H76N2O2/c1-95(2,3)73-45-29-67(30-46-73)89-90(68-31-47-74(48-32-68)96(4,5)6)92(70-35-51-78(52-36-70)98(76-23-13-10-14-24-76)84-60-44-66-28-26-62-18-16-20-64-42-58-82(84)88(66)86(62)64)94(72-39-55-80(100-8)56-40-72)93(71-37-53-79(99-7)54-38-71)91(89)69-33-49-77(50-34-69)97(75-21-11-9-12-22-75)83-59-43-65-27-25-61-17-15-19-63-41-57-81(83)87(65)85(61)63/h9-60H,1-8H3. The molecule has 0 bridgehead atoms. The van der Waals surface area contributed by atoms with Gasteiger partial charge < -0.3 is 19.3 Å². The smallest absolute Gasteiger partial charge is 0.118 e. The first-order valence-electron chi connectivity index (χ1n) is 34.8. The summed E-state index contributed by atoms with van der Waals surface area (Å²) in [6.45, 7) is 13.8. The fraction of sp³-hybridized carbons (Fsp3) is 0.104. The highest BCUT2D eigenvalue weighted by Gasteiger charge is 2.32. The number of methoxy groups -OCH3 is 2. The third-order valence-corrected chi connectivity index (χ3v) is 20.7. The second-order valence-electron chi connectivity index (χ2n) is 28.7. The molecule has 17 aromatic rings. The topological polar surface area (TPSA) is 24.9 Å². The minimum absolute atomic E-state index is 0.0905. The van der Waals surface area contributed by atoms with Gasteiger partial charge in [0.05, 0.1) is 25.6 Å². The molecule has 0 N–H and O–H groups in total. The highest BCUT2D eigenvalue weighted by Crippen LogP contribution is 2.58. The van der Waals surface area contributed by atoms with Crippen LogP contribution in [-0.4, -0.2) is 14.2 Å². The SMILES string of the molecule is COc1ccc(-c2c(-c3ccc(OC)cc3)c(-c3ccc(N(c4ccccc4)c4ccc5ccc6cccc7ccc4c5c67)cc3)c(-c3ccc(C(C)(C)C)cc3)c(-c3ccc(C(C)(C)C)cc3)c2-c2ccc(N(c3ccccc3)c3ccc4ccc5cccc6ccc3c4c56)cc2)cc1. The Hall–Kier alpha value is -12.0. The molecular weight excluding hydrogens is 1210 g/mol. The van der Waals surface area contributed by atoms with E-state index in [0.29, 0.717) is 0 Å². The van der Waals surface area contributed by atoms with Crippen molar-refractivity contribution in [3.05, 3.63) is 327 Å². The zero-order valence-corrected chi connectivity index (χ0v) is 57.7. The van der Waals surface area contributed by atoms with Crippen molar-refractivity contribution in [1.29, 1.82) is 0 Å². The van der Waals surface area contributed by atoms with Crippen molar-refractivity contribution in [3.63, 3.8) is 0 Å². The molecule has 0 aliphatic heterocycles.